The molecule has 108 valence electrons. The van der Waals surface area contributed by atoms with Crippen molar-refractivity contribution in [3.05, 3.63) is 95.8 Å². The summed E-state index contributed by atoms with van der Waals surface area (Å²) in [7, 11) is 0. The molecular weight excluding hydrogens is 270 g/mol. The lowest BCUT2D eigenvalue weighted by Crippen LogP contribution is -1.94. The summed E-state index contributed by atoms with van der Waals surface area (Å²) in [5, 5.41) is 0. The Hall–Kier alpha value is -2.87. The van der Waals surface area contributed by atoms with E-state index in [1.165, 1.54) is 5.56 Å². The number of pyridine rings is 1. The number of rotatable bonds is 5. The zero-order valence-corrected chi connectivity index (χ0v) is 12.2. The van der Waals surface area contributed by atoms with Crippen molar-refractivity contribution in [2.45, 2.75) is 6.61 Å². The van der Waals surface area contributed by atoms with Crippen LogP contribution >= 0.6 is 0 Å². The van der Waals surface area contributed by atoms with Gasteiger partial charge in [0.25, 0.3) is 0 Å². The molecule has 0 amide bonds. The molecule has 3 aromatic rings. The third kappa shape index (κ3) is 4.06. The summed E-state index contributed by atoms with van der Waals surface area (Å²) in [6.07, 6.45) is 7.73. The molecule has 3 rings (SSSR count). The van der Waals surface area contributed by atoms with Crippen molar-refractivity contribution < 1.29 is 4.74 Å². The smallest absolute Gasteiger partial charge is 0.119 e. The van der Waals surface area contributed by atoms with E-state index in [0.717, 1.165) is 16.9 Å². The summed E-state index contributed by atoms with van der Waals surface area (Å²) in [5.74, 6) is 0.880. The van der Waals surface area contributed by atoms with Crippen molar-refractivity contribution in [2.75, 3.05) is 0 Å². The highest BCUT2D eigenvalue weighted by Gasteiger charge is 1.95. The van der Waals surface area contributed by atoms with Gasteiger partial charge < -0.3 is 4.74 Å². The molecule has 0 fully saturated rings. The Morgan fingerprint density at radius 3 is 2.05 bits per heavy atom. The topological polar surface area (TPSA) is 22.1 Å². The zero-order chi connectivity index (χ0) is 15.0. The molecule has 0 N–H and O–H groups in total. The molecule has 0 aliphatic rings. The van der Waals surface area contributed by atoms with Crippen LogP contribution in [0.25, 0.3) is 12.2 Å². The van der Waals surface area contributed by atoms with Crippen LogP contribution < -0.4 is 4.74 Å². The molecule has 0 atom stereocenters. The molecule has 0 aliphatic heterocycles. The number of nitrogens with zero attached hydrogens (tertiary/aromatic N) is 1. The Kier molecular flexibility index (Phi) is 4.63. The lowest BCUT2D eigenvalue weighted by Gasteiger charge is -2.06. The normalized spacial score (nSPS) is 10.7. The second-order valence-corrected chi connectivity index (χ2v) is 4.96. The fourth-order valence-electron chi connectivity index (χ4n) is 2.08. The van der Waals surface area contributed by atoms with Gasteiger partial charge in [0, 0.05) is 12.4 Å². The number of benzene rings is 2. The van der Waals surface area contributed by atoms with Gasteiger partial charge in [-0.2, -0.15) is 0 Å². The van der Waals surface area contributed by atoms with Crippen LogP contribution in [-0.4, -0.2) is 4.98 Å². The summed E-state index contributed by atoms with van der Waals surface area (Å²) in [5.41, 5.74) is 3.45. The quantitative estimate of drug-likeness (QED) is 0.670. The summed E-state index contributed by atoms with van der Waals surface area (Å²) in [6, 6.07) is 22.2. The van der Waals surface area contributed by atoms with Crippen LogP contribution in [0.1, 0.15) is 16.7 Å². The van der Waals surface area contributed by atoms with Crippen molar-refractivity contribution in [1.29, 1.82) is 0 Å². The SMILES string of the molecule is C(=C\c1ccc(OCc2ccccc2)cc1)/c1ccncc1. The highest BCUT2D eigenvalue weighted by molar-refractivity contribution is 5.69. The van der Waals surface area contributed by atoms with Crippen molar-refractivity contribution >= 4 is 12.2 Å². The first-order valence-electron chi connectivity index (χ1n) is 7.25. The molecule has 2 heteroatoms. The van der Waals surface area contributed by atoms with Gasteiger partial charge >= 0.3 is 0 Å². The Balaban J connectivity index is 1.59. The van der Waals surface area contributed by atoms with Gasteiger partial charge in [-0.1, -0.05) is 54.6 Å². The van der Waals surface area contributed by atoms with Crippen LogP contribution in [0.2, 0.25) is 0 Å². The van der Waals surface area contributed by atoms with Crippen LogP contribution in [0, 0.1) is 0 Å². The zero-order valence-electron chi connectivity index (χ0n) is 12.2. The molecule has 2 nitrogen and oxygen atoms in total. The van der Waals surface area contributed by atoms with E-state index in [2.05, 4.69) is 41.4 Å². The molecule has 1 heterocycles. The first-order chi connectivity index (χ1) is 10.9. The van der Waals surface area contributed by atoms with Gasteiger partial charge in [-0.25, -0.2) is 0 Å². The first kappa shape index (κ1) is 14.1. The van der Waals surface area contributed by atoms with Crippen molar-refractivity contribution in [3.8, 4) is 5.75 Å². The third-order valence-electron chi connectivity index (χ3n) is 3.30. The van der Waals surface area contributed by atoms with E-state index >= 15 is 0 Å². The van der Waals surface area contributed by atoms with Gasteiger partial charge in [-0.05, 0) is 41.0 Å². The average molecular weight is 287 g/mol. The van der Waals surface area contributed by atoms with Gasteiger partial charge in [0.2, 0.25) is 0 Å². The third-order valence-corrected chi connectivity index (χ3v) is 3.30. The maximum absolute atomic E-state index is 5.78. The Morgan fingerprint density at radius 2 is 1.36 bits per heavy atom. The lowest BCUT2D eigenvalue weighted by atomic mass is 10.1. The van der Waals surface area contributed by atoms with Gasteiger partial charge in [0.1, 0.15) is 12.4 Å². The molecule has 1 aromatic heterocycles. The molecule has 2 aromatic carbocycles. The van der Waals surface area contributed by atoms with E-state index in [1.54, 1.807) is 12.4 Å². The fourth-order valence-corrected chi connectivity index (χ4v) is 2.08. The summed E-state index contributed by atoms with van der Waals surface area (Å²) >= 11 is 0. The van der Waals surface area contributed by atoms with Crippen LogP contribution in [0.3, 0.4) is 0 Å². The highest BCUT2D eigenvalue weighted by atomic mass is 16.5. The van der Waals surface area contributed by atoms with Crippen LogP contribution in [0.4, 0.5) is 0 Å². The molecule has 22 heavy (non-hydrogen) atoms. The molecule has 0 saturated carbocycles. The molecule has 0 aliphatic carbocycles. The average Bonchev–Trinajstić information content (AvgIpc) is 2.61. The van der Waals surface area contributed by atoms with E-state index in [9.17, 15) is 0 Å². The van der Waals surface area contributed by atoms with Gasteiger partial charge in [-0.3, -0.25) is 4.98 Å². The second kappa shape index (κ2) is 7.23. The van der Waals surface area contributed by atoms with Gasteiger partial charge in [0.05, 0.1) is 0 Å². The van der Waals surface area contributed by atoms with E-state index < -0.39 is 0 Å². The molecule has 0 unspecified atom stereocenters. The minimum absolute atomic E-state index is 0.590. The predicted molar refractivity (Wildman–Crippen MR) is 90.4 cm³/mol. The van der Waals surface area contributed by atoms with Gasteiger partial charge in [-0.15, -0.1) is 0 Å². The summed E-state index contributed by atoms with van der Waals surface area (Å²) < 4.78 is 5.78. The van der Waals surface area contributed by atoms with Crippen molar-refractivity contribution in [1.82, 2.24) is 4.98 Å². The Labute approximate surface area is 130 Å². The fraction of sp³-hybridized carbons (Fsp3) is 0.0500. The Morgan fingerprint density at radius 1 is 0.727 bits per heavy atom. The summed E-state index contributed by atoms with van der Waals surface area (Å²) in [4.78, 5) is 4.01. The van der Waals surface area contributed by atoms with Gasteiger partial charge in [0.15, 0.2) is 0 Å². The molecule has 0 radical (unpaired) electrons. The standard InChI is InChI=1S/C20H17NO/c1-2-4-19(5-3-1)16-22-20-10-8-17(9-11-20)6-7-18-12-14-21-15-13-18/h1-15H,16H2/b7-6+. The number of hydrogen-bond acceptors (Lipinski definition) is 2. The minimum Gasteiger partial charge on any atom is -0.489 e. The Bertz CT molecular complexity index is 719. The maximum Gasteiger partial charge on any atom is 0.119 e. The minimum atomic E-state index is 0.590. The largest absolute Gasteiger partial charge is 0.489 e. The lowest BCUT2D eigenvalue weighted by molar-refractivity contribution is 0.306. The molecule has 0 saturated heterocycles. The number of ether oxygens (including phenoxy) is 1. The van der Waals surface area contributed by atoms with Crippen molar-refractivity contribution in [2.24, 2.45) is 0 Å². The van der Waals surface area contributed by atoms with Crippen LogP contribution in [0.15, 0.2) is 79.1 Å². The first-order valence-corrected chi connectivity index (χ1v) is 7.25. The predicted octanol–water partition coefficient (Wildman–Crippen LogP) is 4.83. The van der Waals surface area contributed by atoms with E-state index in [4.69, 9.17) is 4.74 Å². The highest BCUT2D eigenvalue weighted by Crippen LogP contribution is 2.16. The second-order valence-electron chi connectivity index (χ2n) is 4.96. The number of aromatic nitrogens is 1. The molecule has 0 bridgehead atoms. The van der Waals surface area contributed by atoms with E-state index in [0.29, 0.717) is 6.61 Å². The maximum atomic E-state index is 5.78. The number of hydrogen-bond donors (Lipinski definition) is 0. The summed E-state index contributed by atoms with van der Waals surface area (Å²) in [6.45, 7) is 0.590. The van der Waals surface area contributed by atoms with Crippen LogP contribution in [0.5, 0.6) is 5.75 Å². The van der Waals surface area contributed by atoms with E-state index in [-0.39, 0.29) is 0 Å². The molecule has 0 spiro atoms. The molecular formula is C20H17NO. The monoisotopic (exact) mass is 287 g/mol. The van der Waals surface area contributed by atoms with Crippen molar-refractivity contribution in [3.63, 3.8) is 0 Å². The van der Waals surface area contributed by atoms with Crippen LogP contribution in [-0.2, 0) is 6.61 Å². The van der Waals surface area contributed by atoms with E-state index in [1.807, 2.05) is 42.5 Å².